The van der Waals surface area contributed by atoms with Gasteiger partial charge in [0.15, 0.2) is 0 Å². The predicted octanol–water partition coefficient (Wildman–Crippen LogP) is 1.33. The van der Waals surface area contributed by atoms with Gasteiger partial charge in [-0.3, -0.25) is 4.79 Å². The first-order valence-electron chi connectivity index (χ1n) is 6.01. The Morgan fingerprint density at radius 2 is 2.29 bits per heavy atom. The van der Waals surface area contributed by atoms with Crippen LogP contribution in [-0.4, -0.2) is 19.0 Å². The molecule has 0 radical (unpaired) electrons. The fourth-order valence-electron chi connectivity index (χ4n) is 2.84. The van der Waals surface area contributed by atoms with E-state index >= 15 is 0 Å². The van der Waals surface area contributed by atoms with Gasteiger partial charge in [-0.15, -0.1) is 0 Å². The van der Waals surface area contributed by atoms with Gasteiger partial charge in [-0.2, -0.15) is 0 Å². The zero-order valence-corrected chi connectivity index (χ0v) is 9.70. The van der Waals surface area contributed by atoms with Crippen LogP contribution in [0.5, 0.6) is 0 Å². The van der Waals surface area contributed by atoms with Gasteiger partial charge in [-0.25, -0.2) is 0 Å². The van der Waals surface area contributed by atoms with Crippen molar-refractivity contribution in [2.45, 2.75) is 12.8 Å². The molecule has 0 bridgehead atoms. The van der Waals surface area contributed by atoms with E-state index in [9.17, 15) is 4.79 Å². The molecule has 1 atom stereocenters. The second-order valence-electron chi connectivity index (χ2n) is 5.08. The molecule has 0 aromatic heterocycles. The summed E-state index contributed by atoms with van der Waals surface area (Å²) in [5, 5.41) is 3.41. The van der Waals surface area contributed by atoms with Crippen LogP contribution < -0.4 is 11.1 Å². The Labute approximate surface area is 101 Å². The minimum atomic E-state index is -0.346. The van der Waals surface area contributed by atoms with Crippen molar-refractivity contribution in [1.29, 1.82) is 0 Å². The van der Waals surface area contributed by atoms with E-state index in [1.54, 1.807) is 6.07 Å². The van der Waals surface area contributed by atoms with Gasteiger partial charge in [0, 0.05) is 17.5 Å². The number of fused-ring (bicyclic) bond motifs is 1. The number of hydrogen-bond acceptors (Lipinski definition) is 2. The first kappa shape index (κ1) is 10.5. The molecule has 3 rings (SSSR count). The molecule has 1 aromatic rings. The van der Waals surface area contributed by atoms with Crippen LogP contribution in [0.3, 0.4) is 0 Å². The standard InChI is InChI=1S/C14H16N2O/c15-13(17)11-2-1-10-3-4-14(5-6-16-9-14)8-12(10)7-11/h1-4,7,16H,5-6,8-9H2,(H2,15,17). The zero-order chi connectivity index (χ0) is 11.9. The summed E-state index contributed by atoms with van der Waals surface area (Å²) in [6.07, 6.45) is 6.67. The summed E-state index contributed by atoms with van der Waals surface area (Å²) in [7, 11) is 0. The van der Waals surface area contributed by atoms with E-state index in [0.717, 1.165) is 19.5 Å². The van der Waals surface area contributed by atoms with E-state index in [0.29, 0.717) is 5.56 Å². The number of nitrogens with two attached hydrogens (primary N) is 1. The molecule has 1 saturated heterocycles. The van der Waals surface area contributed by atoms with Gasteiger partial charge in [0.2, 0.25) is 5.91 Å². The van der Waals surface area contributed by atoms with Crippen molar-refractivity contribution in [3.05, 3.63) is 41.0 Å². The highest BCUT2D eigenvalue weighted by Gasteiger charge is 2.33. The van der Waals surface area contributed by atoms with Crippen LogP contribution in [0, 0.1) is 5.41 Å². The molecule has 1 aliphatic heterocycles. The number of rotatable bonds is 1. The number of amides is 1. The maximum atomic E-state index is 11.2. The highest BCUT2D eigenvalue weighted by atomic mass is 16.1. The van der Waals surface area contributed by atoms with Gasteiger partial charge < -0.3 is 11.1 Å². The minimum absolute atomic E-state index is 0.253. The summed E-state index contributed by atoms with van der Waals surface area (Å²) >= 11 is 0. The number of nitrogens with one attached hydrogen (secondary N) is 1. The van der Waals surface area contributed by atoms with Crippen molar-refractivity contribution in [1.82, 2.24) is 5.32 Å². The molecule has 3 heteroatoms. The first-order chi connectivity index (χ1) is 8.19. The molecule has 1 unspecified atom stereocenters. The lowest BCUT2D eigenvalue weighted by atomic mass is 9.75. The lowest BCUT2D eigenvalue weighted by Gasteiger charge is -2.29. The van der Waals surface area contributed by atoms with Crippen molar-refractivity contribution in [3.63, 3.8) is 0 Å². The van der Waals surface area contributed by atoms with Crippen LogP contribution in [0.15, 0.2) is 24.3 Å². The Kier molecular flexibility index (Phi) is 2.30. The Bertz CT molecular complexity index is 499. The van der Waals surface area contributed by atoms with E-state index in [1.165, 1.54) is 17.5 Å². The molecule has 1 aliphatic carbocycles. The smallest absolute Gasteiger partial charge is 0.248 e. The lowest BCUT2D eigenvalue weighted by molar-refractivity contribution is 0.1000. The minimum Gasteiger partial charge on any atom is -0.366 e. The van der Waals surface area contributed by atoms with Crippen LogP contribution in [0.4, 0.5) is 0 Å². The van der Waals surface area contributed by atoms with E-state index in [2.05, 4.69) is 17.5 Å². The Hall–Kier alpha value is -1.61. The predicted molar refractivity (Wildman–Crippen MR) is 67.6 cm³/mol. The maximum Gasteiger partial charge on any atom is 0.248 e. The van der Waals surface area contributed by atoms with Crippen LogP contribution in [-0.2, 0) is 6.42 Å². The second-order valence-corrected chi connectivity index (χ2v) is 5.08. The third kappa shape index (κ3) is 1.76. The quantitative estimate of drug-likeness (QED) is 0.762. The van der Waals surface area contributed by atoms with Gasteiger partial charge in [0.1, 0.15) is 0 Å². The molecule has 1 amide bonds. The molecule has 3 N–H and O–H groups in total. The third-order valence-electron chi connectivity index (χ3n) is 3.86. The van der Waals surface area contributed by atoms with Crippen LogP contribution in [0.1, 0.15) is 27.9 Å². The van der Waals surface area contributed by atoms with Crippen molar-refractivity contribution in [3.8, 4) is 0 Å². The molecule has 17 heavy (non-hydrogen) atoms. The number of hydrogen-bond donors (Lipinski definition) is 2. The highest BCUT2D eigenvalue weighted by molar-refractivity contribution is 5.93. The summed E-state index contributed by atoms with van der Waals surface area (Å²) < 4.78 is 0. The summed E-state index contributed by atoms with van der Waals surface area (Å²) in [4.78, 5) is 11.2. The molecule has 2 aliphatic rings. The summed E-state index contributed by atoms with van der Waals surface area (Å²) in [6.45, 7) is 2.11. The highest BCUT2D eigenvalue weighted by Crippen LogP contribution is 2.37. The van der Waals surface area contributed by atoms with E-state index in [1.807, 2.05) is 12.1 Å². The molecular weight excluding hydrogens is 212 g/mol. The molecule has 1 aromatic carbocycles. The van der Waals surface area contributed by atoms with Gasteiger partial charge in [-0.1, -0.05) is 18.2 Å². The average Bonchev–Trinajstić information content (AvgIpc) is 2.76. The zero-order valence-electron chi connectivity index (χ0n) is 9.70. The number of benzene rings is 1. The monoisotopic (exact) mass is 228 g/mol. The topological polar surface area (TPSA) is 55.1 Å². The maximum absolute atomic E-state index is 11.2. The van der Waals surface area contributed by atoms with Crippen molar-refractivity contribution < 1.29 is 4.79 Å². The van der Waals surface area contributed by atoms with Crippen molar-refractivity contribution in [2.24, 2.45) is 11.1 Å². The Balaban J connectivity index is 1.99. The number of carbonyl (C=O) groups excluding carboxylic acids is 1. The largest absolute Gasteiger partial charge is 0.366 e. The first-order valence-corrected chi connectivity index (χ1v) is 6.01. The van der Waals surface area contributed by atoms with Gasteiger partial charge in [0.25, 0.3) is 0 Å². The SMILES string of the molecule is NC(=O)c1ccc2c(c1)CC1(C=C2)CCNC1. The van der Waals surface area contributed by atoms with Crippen molar-refractivity contribution >= 4 is 12.0 Å². The number of primary amides is 1. The second kappa shape index (κ2) is 3.70. The Morgan fingerprint density at radius 1 is 1.41 bits per heavy atom. The number of carbonyl (C=O) groups is 1. The van der Waals surface area contributed by atoms with Gasteiger partial charge >= 0.3 is 0 Å². The molecule has 1 spiro atoms. The van der Waals surface area contributed by atoms with Crippen LogP contribution in [0.25, 0.3) is 6.08 Å². The lowest BCUT2D eigenvalue weighted by Crippen LogP contribution is -2.26. The fraction of sp³-hybridized carbons (Fsp3) is 0.357. The Morgan fingerprint density at radius 3 is 3.00 bits per heavy atom. The summed E-state index contributed by atoms with van der Waals surface area (Å²) in [5.41, 5.74) is 8.65. The van der Waals surface area contributed by atoms with Crippen molar-refractivity contribution in [2.75, 3.05) is 13.1 Å². The average molecular weight is 228 g/mol. The molecule has 3 nitrogen and oxygen atoms in total. The molecular formula is C14H16N2O. The fourth-order valence-corrected chi connectivity index (χ4v) is 2.84. The molecule has 0 saturated carbocycles. The van der Waals surface area contributed by atoms with E-state index in [-0.39, 0.29) is 11.3 Å². The van der Waals surface area contributed by atoms with Gasteiger partial charge in [-0.05, 0) is 42.6 Å². The third-order valence-corrected chi connectivity index (χ3v) is 3.86. The summed E-state index contributed by atoms with van der Waals surface area (Å²) in [5.74, 6) is -0.346. The van der Waals surface area contributed by atoms with E-state index < -0.39 is 0 Å². The van der Waals surface area contributed by atoms with Gasteiger partial charge in [0.05, 0.1) is 0 Å². The normalized spacial score (nSPS) is 26.1. The molecule has 1 fully saturated rings. The molecule has 1 heterocycles. The van der Waals surface area contributed by atoms with E-state index in [4.69, 9.17) is 5.73 Å². The van der Waals surface area contributed by atoms with Crippen LogP contribution in [0.2, 0.25) is 0 Å². The van der Waals surface area contributed by atoms with Crippen LogP contribution >= 0.6 is 0 Å². The summed E-state index contributed by atoms with van der Waals surface area (Å²) in [6, 6.07) is 5.73. The molecule has 88 valence electrons.